The van der Waals surface area contributed by atoms with Gasteiger partial charge >= 0.3 is 0 Å². The second-order valence-electron chi connectivity index (χ2n) is 5.24. The third-order valence-electron chi connectivity index (χ3n) is 4.11. The van der Waals surface area contributed by atoms with E-state index in [0.717, 1.165) is 11.1 Å². The summed E-state index contributed by atoms with van der Waals surface area (Å²) in [5.74, 6) is 0.160. The van der Waals surface area contributed by atoms with Crippen molar-refractivity contribution in [3.63, 3.8) is 0 Å². The van der Waals surface area contributed by atoms with E-state index in [1.165, 1.54) is 5.57 Å². The van der Waals surface area contributed by atoms with Crippen LogP contribution in [0.4, 0.5) is 0 Å². The minimum absolute atomic E-state index is 0.160. The Kier molecular flexibility index (Phi) is 3.33. The Hall–Kier alpha value is -2.06. The largest absolute Gasteiger partial charge is 0.485 e. The summed E-state index contributed by atoms with van der Waals surface area (Å²) in [6.07, 6.45) is 1.86. The summed E-state index contributed by atoms with van der Waals surface area (Å²) in [7, 11) is 0. The van der Waals surface area contributed by atoms with Crippen LogP contribution in [0, 0.1) is 5.92 Å². The monoisotopic (exact) mass is 265 g/mol. The van der Waals surface area contributed by atoms with Crippen LogP contribution in [0.1, 0.15) is 18.1 Å². The number of ether oxygens (including phenoxy) is 1. The maximum atomic E-state index is 6.19. The van der Waals surface area contributed by atoms with Gasteiger partial charge in [0.25, 0.3) is 0 Å². The zero-order chi connectivity index (χ0) is 14.0. The van der Waals surface area contributed by atoms with Gasteiger partial charge in [0.05, 0.1) is 6.26 Å². The molecule has 0 aromatic heterocycles. The molecule has 1 unspecified atom stereocenters. The Bertz CT molecular complexity index is 564. The van der Waals surface area contributed by atoms with Crippen LogP contribution in [0.15, 0.2) is 72.5 Å². The number of hydrogen-bond acceptors (Lipinski definition) is 2. The first kappa shape index (κ1) is 12.9. The van der Waals surface area contributed by atoms with Crippen molar-refractivity contribution in [2.75, 3.05) is 6.54 Å². The van der Waals surface area contributed by atoms with Gasteiger partial charge in [-0.05, 0) is 12.5 Å². The molecule has 1 aliphatic heterocycles. The Morgan fingerprint density at radius 2 is 1.45 bits per heavy atom. The molecule has 0 fully saturated rings. The molecule has 2 heteroatoms. The highest BCUT2D eigenvalue weighted by molar-refractivity contribution is 5.42. The van der Waals surface area contributed by atoms with Crippen LogP contribution in [0.2, 0.25) is 0 Å². The Morgan fingerprint density at radius 3 is 1.90 bits per heavy atom. The van der Waals surface area contributed by atoms with Crippen LogP contribution < -0.4 is 5.73 Å². The molecule has 2 nitrogen and oxygen atoms in total. The lowest BCUT2D eigenvalue weighted by atomic mass is 9.74. The second-order valence-corrected chi connectivity index (χ2v) is 5.24. The maximum Gasteiger partial charge on any atom is 0.166 e. The third-order valence-corrected chi connectivity index (χ3v) is 4.11. The normalized spacial score (nSPS) is 20.3. The second kappa shape index (κ2) is 5.14. The van der Waals surface area contributed by atoms with Crippen molar-refractivity contribution in [3.05, 3.63) is 83.6 Å². The lowest BCUT2D eigenvalue weighted by Gasteiger charge is -2.36. The van der Waals surface area contributed by atoms with Gasteiger partial charge in [-0.25, -0.2) is 0 Å². The highest BCUT2D eigenvalue weighted by Crippen LogP contribution is 2.47. The van der Waals surface area contributed by atoms with E-state index in [1.54, 1.807) is 0 Å². The molecule has 3 rings (SSSR count). The number of benzene rings is 2. The molecule has 102 valence electrons. The standard InChI is InChI=1S/C18H19NO/c1-14-13-20-18(17(14)12-19,15-8-4-2-5-9-15)16-10-6-3-7-11-16/h2-11,13,17H,12,19H2,1H3. The molecule has 0 saturated heterocycles. The van der Waals surface area contributed by atoms with Crippen LogP contribution >= 0.6 is 0 Å². The van der Waals surface area contributed by atoms with Gasteiger partial charge in [-0.3, -0.25) is 0 Å². The molecule has 1 heterocycles. The molecule has 0 saturated carbocycles. The molecule has 0 amide bonds. The molecule has 2 aromatic rings. The summed E-state index contributed by atoms with van der Waals surface area (Å²) in [4.78, 5) is 0. The van der Waals surface area contributed by atoms with Crippen LogP contribution in [0.25, 0.3) is 0 Å². The van der Waals surface area contributed by atoms with E-state index in [1.807, 2.05) is 42.7 Å². The van der Waals surface area contributed by atoms with E-state index in [4.69, 9.17) is 10.5 Å². The molecule has 1 atom stereocenters. The van der Waals surface area contributed by atoms with Crippen molar-refractivity contribution in [2.45, 2.75) is 12.5 Å². The first-order valence-electron chi connectivity index (χ1n) is 6.94. The Morgan fingerprint density at radius 1 is 0.950 bits per heavy atom. The van der Waals surface area contributed by atoms with Crippen LogP contribution in [-0.2, 0) is 10.3 Å². The molecule has 0 bridgehead atoms. The molecular formula is C18H19NO. The van der Waals surface area contributed by atoms with Crippen molar-refractivity contribution >= 4 is 0 Å². The van der Waals surface area contributed by atoms with Crippen molar-refractivity contribution in [1.82, 2.24) is 0 Å². The van der Waals surface area contributed by atoms with E-state index < -0.39 is 5.60 Å². The summed E-state index contributed by atoms with van der Waals surface area (Å²) in [6.45, 7) is 2.65. The molecule has 0 spiro atoms. The Balaban J connectivity index is 2.20. The summed E-state index contributed by atoms with van der Waals surface area (Å²) in [5.41, 5.74) is 9.05. The van der Waals surface area contributed by atoms with E-state index in [-0.39, 0.29) is 5.92 Å². The molecule has 2 aromatic carbocycles. The molecule has 0 radical (unpaired) electrons. The predicted molar refractivity (Wildman–Crippen MR) is 81.1 cm³/mol. The van der Waals surface area contributed by atoms with Gasteiger partial charge in [-0.1, -0.05) is 60.7 Å². The first-order chi connectivity index (χ1) is 9.79. The zero-order valence-electron chi connectivity index (χ0n) is 11.6. The molecule has 0 aliphatic carbocycles. The minimum atomic E-state index is -0.499. The molecule has 1 aliphatic rings. The van der Waals surface area contributed by atoms with Crippen molar-refractivity contribution in [2.24, 2.45) is 11.7 Å². The highest BCUT2D eigenvalue weighted by atomic mass is 16.5. The highest BCUT2D eigenvalue weighted by Gasteiger charge is 2.47. The predicted octanol–water partition coefficient (Wildman–Crippen LogP) is 3.44. The van der Waals surface area contributed by atoms with Gasteiger partial charge in [0, 0.05) is 23.6 Å². The molecular weight excluding hydrogens is 246 g/mol. The van der Waals surface area contributed by atoms with E-state index in [2.05, 4.69) is 31.2 Å². The van der Waals surface area contributed by atoms with Gasteiger partial charge in [-0.2, -0.15) is 0 Å². The van der Waals surface area contributed by atoms with Gasteiger partial charge < -0.3 is 10.5 Å². The minimum Gasteiger partial charge on any atom is -0.485 e. The van der Waals surface area contributed by atoms with Crippen molar-refractivity contribution in [1.29, 1.82) is 0 Å². The Labute approximate surface area is 119 Å². The van der Waals surface area contributed by atoms with E-state index >= 15 is 0 Å². The van der Waals surface area contributed by atoms with Gasteiger partial charge in [0.1, 0.15) is 0 Å². The van der Waals surface area contributed by atoms with Gasteiger partial charge in [0.2, 0.25) is 0 Å². The first-order valence-corrected chi connectivity index (χ1v) is 6.94. The van der Waals surface area contributed by atoms with Crippen molar-refractivity contribution < 1.29 is 4.74 Å². The summed E-state index contributed by atoms with van der Waals surface area (Å²) < 4.78 is 6.19. The number of hydrogen-bond donors (Lipinski definition) is 1. The fraction of sp³-hybridized carbons (Fsp3) is 0.222. The fourth-order valence-electron chi connectivity index (χ4n) is 3.10. The SMILES string of the molecule is CC1=COC(c2ccccc2)(c2ccccc2)C1CN. The quantitative estimate of drug-likeness (QED) is 0.922. The smallest absolute Gasteiger partial charge is 0.166 e. The van der Waals surface area contributed by atoms with Gasteiger partial charge in [0.15, 0.2) is 5.60 Å². The fourth-order valence-corrected chi connectivity index (χ4v) is 3.10. The van der Waals surface area contributed by atoms with Gasteiger partial charge in [-0.15, -0.1) is 0 Å². The van der Waals surface area contributed by atoms with Crippen LogP contribution in [0.5, 0.6) is 0 Å². The van der Waals surface area contributed by atoms with E-state index in [0.29, 0.717) is 6.54 Å². The third kappa shape index (κ3) is 1.84. The van der Waals surface area contributed by atoms with Crippen LogP contribution in [0.3, 0.4) is 0 Å². The number of rotatable bonds is 3. The summed E-state index contributed by atoms with van der Waals surface area (Å²) in [5, 5.41) is 0. The zero-order valence-corrected chi connectivity index (χ0v) is 11.6. The van der Waals surface area contributed by atoms with E-state index in [9.17, 15) is 0 Å². The number of nitrogens with two attached hydrogens (primary N) is 1. The maximum absolute atomic E-state index is 6.19. The van der Waals surface area contributed by atoms with Crippen LogP contribution in [-0.4, -0.2) is 6.54 Å². The van der Waals surface area contributed by atoms with Crippen molar-refractivity contribution in [3.8, 4) is 0 Å². The molecule has 20 heavy (non-hydrogen) atoms. The average molecular weight is 265 g/mol. The lowest BCUT2D eigenvalue weighted by Crippen LogP contribution is -2.39. The summed E-state index contributed by atoms with van der Waals surface area (Å²) >= 11 is 0. The topological polar surface area (TPSA) is 35.2 Å². The lowest BCUT2D eigenvalue weighted by molar-refractivity contribution is 0.0464. The molecule has 2 N–H and O–H groups in total. The summed E-state index contributed by atoms with van der Waals surface area (Å²) in [6, 6.07) is 20.7. The average Bonchev–Trinajstić information content (AvgIpc) is 2.86.